The van der Waals surface area contributed by atoms with Crippen LogP contribution in [-0.4, -0.2) is 77.2 Å². The number of allylic oxidation sites excluding steroid dienone is 1. The van der Waals surface area contributed by atoms with Gasteiger partial charge in [-0.1, -0.05) is 66.2 Å². The molecule has 1 spiro atoms. The van der Waals surface area contributed by atoms with E-state index >= 15 is 0 Å². The third-order valence-corrected chi connectivity index (χ3v) is 9.12. The summed E-state index contributed by atoms with van der Waals surface area (Å²) in [6.07, 6.45) is 6.08. The Balaban J connectivity index is 1.44. The van der Waals surface area contributed by atoms with Crippen LogP contribution in [0.25, 0.3) is 0 Å². The lowest BCUT2D eigenvalue weighted by Gasteiger charge is -2.37. The lowest BCUT2D eigenvalue weighted by molar-refractivity contribution is -0.160. The molecule has 0 aliphatic carbocycles. The summed E-state index contributed by atoms with van der Waals surface area (Å²) in [7, 11) is 0. The lowest BCUT2D eigenvalue weighted by atomic mass is 9.74. The van der Waals surface area contributed by atoms with Crippen LogP contribution >= 0.6 is 11.6 Å². The quantitative estimate of drug-likeness (QED) is 0.398. The van der Waals surface area contributed by atoms with Gasteiger partial charge in [0.1, 0.15) is 23.7 Å². The number of aliphatic hydroxyl groups is 1. The molecule has 6 rings (SSSR count). The highest BCUT2D eigenvalue weighted by Gasteiger charge is 2.74. The number of esters is 1. The Labute approximate surface area is 260 Å². The zero-order valence-corrected chi connectivity index (χ0v) is 24.9. The van der Waals surface area contributed by atoms with Crippen molar-refractivity contribution in [2.75, 3.05) is 24.6 Å². The van der Waals surface area contributed by atoms with Crippen LogP contribution in [0.15, 0.2) is 78.9 Å². The predicted molar refractivity (Wildman–Crippen MR) is 161 cm³/mol. The van der Waals surface area contributed by atoms with E-state index in [-0.39, 0.29) is 25.4 Å². The number of ether oxygens (including phenoxy) is 2. The van der Waals surface area contributed by atoms with Crippen LogP contribution in [0, 0.1) is 11.8 Å². The van der Waals surface area contributed by atoms with Crippen molar-refractivity contribution in [1.29, 1.82) is 0 Å². The van der Waals surface area contributed by atoms with E-state index in [1.807, 2.05) is 24.3 Å². The molecule has 4 aliphatic rings. The highest BCUT2D eigenvalue weighted by Crippen LogP contribution is 2.56. The van der Waals surface area contributed by atoms with Gasteiger partial charge in [0.25, 0.3) is 5.91 Å². The first-order valence-electron chi connectivity index (χ1n) is 14.8. The summed E-state index contributed by atoms with van der Waals surface area (Å²) in [5.74, 6) is -3.84. The van der Waals surface area contributed by atoms with Gasteiger partial charge in [-0.15, -0.1) is 0 Å². The summed E-state index contributed by atoms with van der Waals surface area (Å²) < 4.78 is 12.5. The van der Waals surface area contributed by atoms with E-state index in [2.05, 4.69) is 5.32 Å². The third-order valence-electron chi connectivity index (χ3n) is 8.87. The monoisotopic (exact) mass is 619 g/mol. The maximum atomic E-state index is 14.6. The SMILES string of the molecule is C[C@H](CO)N1C(=O)[C@@H]2[C@H]3C(=O)O[C@@H](c4ccccc4)CNC(=O)CC/C=C\CN(c4ccc(Cl)cc4)C(=O)[C@@H]1[C@]21C=C[C@H]3O1. The van der Waals surface area contributed by atoms with Crippen molar-refractivity contribution in [3.63, 3.8) is 0 Å². The zero-order chi connectivity index (χ0) is 31.0. The van der Waals surface area contributed by atoms with E-state index in [9.17, 15) is 24.3 Å². The molecule has 5 bridgehead atoms. The molecule has 230 valence electrons. The molecular weight excluding hydrogens is 586 g/mol. The van der Waals surface area contributed by atoms with Crippen LogP contribution in [0.3, 0.4) is 0 Å². The number of nitrogens with zero attached hydrogens (tertiary/aromatic N) is 2. The molecule has 2 N–H and O–H groups in total. The first-order chi connectivity index (χ1) is 21.2. The molecule has 10 nitrogen and oxygen atoms in total. The molecule has 3 amide bonds. The van der Waals surface area contributed by atoms with Gasteiger partial charge in [0.15, 0.2) is 0 Å². The molecule has 0 saturated carbocycles. The minimum atomic E-state index is -1.44. The molecule has 0 aromatic heterocycles. The number of cyclic esters (lactones) is 1. The van der Waals surface area contributed by atoms with E-state index in [4.69, 9.17) is 21.1 Å². The van der Waals surface area contributed by atoms with Crippen molar-refractivity contribution >= 4 is 41.0 Å². The number of carbonyl (C=O) groups is 4. The average Bonchev–Trinajstić information content (AvgIpc) is 3.68. The summed E-state index contributed by atoms with van der Waals surface area (Å²) in [5.41, 5.74) is -0.208. The molecule has 0 unspecified atom stereocenters. The van der Waals surface area contributed by atoms with E-state index in [1.54, 1.807) is 61.5 Å². The number of fused-ring (bicyclic) bond motifs is 2. The molecule has 2 aromatic carbocycles. The summed E-state index contributed by atoms with van der Waals surface area (Å²) in [6, 6.07) is 13.9. The number of hydrogen-bond donors (Lipinski definition) is 2. The number of rotatable bonds is 4. The molecule has 2 aromatic rings. The normalized spacial score (nSPS) is 31.9. The number of aliphatic hydroxyl groups excluding tert-OH is 1. The van der Waals surface area contributed by atoms with Gasteiger partial charge >= 0.3 is 5.97 Å². The first kappa shape index (κ1) is 30.1. The second kappa shape index (κ2) is 12.2. The van der Waals surface area contributed by atoms with Gasteiger partial charge in [-0.05, 0) is 43.2 Å². The van der Waals surface area contributed by atoms with Crippen molar-refractivity contribution in [1.82, 2.24) is 10.2 Å². The van der Waals surface area contributed by atoms with Crippen LogP contribution in [0.5, 0.6) is 0 Å². The number of anilines is 1. The Morgan fingerprint density at radius 2 is 1.80 bits per heavy atom. The van der Waals surface area contributed by atoms with Crippen LogP contribution < -0.4 is 10.2 Å². The van der Waals surface area contributed by atoms with E-state index < -0.39 is 66.1 Å². The van der Waals surface area contributed by atoms with Gasteiger partial charge in [-0.3, -0.25) is 19.2 Å². The number of benzene rings is 2. The second-order valence-corrected chi connectivity index (χ2v) is 12.0. The number of nitrogens with one attached hydrogen (secondary N) is 1. The van der Waals surface area contributed by atoms with Crippen LogP contribution in [-0.2, 0) is 28.7 Å². The van der Waals surface area contributed by atoms with Gasteiger partial charge in [0, 0.05) is 23.7 Å². The zero-order valence-electron chi connectivity index (χ0n) is 24.2. The molecule has 11 heteroatoms. The number of carbonyl (C=O) groups excluding carboxylic acids is 4. The molecular formula is C33H34ClN3O7. The topological polar surface area (TPSA) is 125 Å². The fourth-order valence-electron chi connectivity index (χ4n) is 6.73. The molecule has 4 heterocycles. The van der Waals surface area contributed by atoms with Crippen molar-refractivity contribution in [3.8, 4) is 0 Å². The Bertz CT molecular complexity index is 1500. The Morgan fingerprint density at radius 3 is 2.52 bits per heavy atom. The number of halogens is 1. The fourth-order valence-corrected chi connectivity index (χ4v) is 6.86. The summed E-state index contributed by atoms with van der Waals surface area (Å²) in [4.78, 5) is 58.4. The highest BCUT2D eigenvalue weighted by atomic mass is 35.5. The van der Waals surface area contributed by atoms with Gasteiger partial charge in [-0.25, -0.2) is 0 Å². The Kier molecular flexibility index (Phi) is 8.32. The summed E-state index contributed by atoms with van der Waals surface area (Å²) in [5, 5.41) is 13.5. The summed E-state index contributed by atoms with van der Waals surface area (Å²) in [6.45, 7) is 1.46. The lowest BCUT2D eigenvalue weighted by Crippen LogP contribution is -2.58. The van der Waals surface area contributed by atoms with Crippen LogP contribution in [0.4, 0.5) is 5.69 Å². The molecule has 7 atom stereocenters. The molecule has 2 saturated heterocycles. The maximum absolute atomic E-state index is 14.6. The molecule has 0 radical (unpaired) electrons. The molecule has 44 heavy (non-hydrogen) atoms. The van der Waals surface area contributed by atoms with Crippen molar-refractivity contribution in [2.45, 2.75) is 49.7 Å². The smallest absolute Gasteiger partial charge is 0.313 e. The number of amides is 3. The minimum Gasteiger partial charge on any atom is -0.455 e. The van der Waals surface area contributed by atoms with Gasteiger partial charge in [0.05, 0.1) is 31.2 Å². The van der Waals surface area contributed by atoms with Gasteiger partial charge in [0.2, 0.25) is 11.8 Å². The van der Waals surface area contributed by atoms with E-state index in [0.717, 1.165) is 0 Å². The Hall–Kier alpha value is -3.99. The van der Waals surface area contributed by atoms with Crippen molar-refractivity contribution in [3.05, 3.63) is 89.5 Å². The van der Waals surface area contributed by atoms with Crippen LogP contribution in [0.2, 0.25) is 5.02 Å². The van der Waals surface area contributed by atoms with Crippen molar-refractivity contribution < 1.29 is 33.8 Å². The first-order valence-corrected chi connectivity index (χ1v) is 15.2. The van der Waals surface area contributed by atoms with E-state index in [0.29, 0.717) is 22.7 Å². The highest BCUT2D eigenvalue weighted by molar-refractivity contribution is 6.30. The Morgan fingerprint density at radius 1 is 1.05 bits per heavy atom. The number of likely N-dealkylation sites (tertiary alicyclic amines) is 1. The molecule has 4 aliphatic heterocycles. The molecule has 2 fully saturated rings. The predicted octanol–water partition coefficient (Wildman–Crippen LogP) is 2.96. The number of hydrogen-bond acceptors (Lipinski definition) is 7. The summed E-state index contributed by atoms with van der Waals surface area (Å²) >= 11 is 6.14. The minimum absolute atomic E-state index is 0.0509. The largest absolute Gasteiger partial charge is 0.455 e. The van der Waals surface area contributed by atoms with Crippen LogP contribution in [0.1, 0.15) is 31.4 Å². The maximum Gasteiger partial charge on any atom is 0.313 e. The van der Waals surface area contributed by atoms with Crippen molar-refractivity contribution in [2.24, 2.45) is 11.8 Å². The standard InChI is InChI=1S/C33H34ClN3O7/c1-20(19-38)37-29-31(41)36(23-13-11-22(34)12-14-23)17-7-3-6-10-26(39)35-18-25(21-8-4-2-5-9-21)43-32(42)27-24-15-16-33(29,44-24)28(27)30(37)40/h2-5,7-9,11-16,20,24-25,27-29,38H,6,10,17-19H2,1H3,(H,35,39)/b7-3-/t20-,24-,25-,27+,28+,29-,33+/m1/s1. The van der Waals surface area contributed by atoms with E-state index in [1.165, 1.54) is 9.80 Å². The average molecular weight is 620 g/mol. The fraction of sp³-hybridized carbons (Fsp3) is 0.394. The van der Waals surface area contributed by atoms with Gasteiger partial charge < -0.3 is 29.7 Å². The third kappa shape index (κ3) is 5.21. The van der Waals surface area contributed by atoms with Gasteiger partial charge in [-0.2, -0.15) is 0 Å². The second-order valence-electron chi connectivity index (χ2n) is 11.6.